The second kappa shape index (κ2) is 7.88. The average molecular weight is 406 g/mol. The minimum absolute atomic E-state index is 0.183. The van der Waals surface area contributed by atoms with Crippen molar-refractivity contribution in [2.24, 2.45) is 5.10 Å². The van der Waals surface area contributed by atoms with Crippen molar-refractivity contribution in [1.29, 1.82) is 0 Å². The second-order valence-corrected chi connectivity index (χ2v) is 5.62. The van der Waals surface area contributed by atoms with Crippen LogP contribution in [0, 0.1) is 0 Å². The molecule has 0 aliphatic heterocycles. The van der Waals surface area contributed by atoms with Gasteiger partial charge in [0.15, 0.2) is 0 Å². The van der Waals surface area contributed by atoms with E-state index < -0.39 is 7.82 Å². The number of phenolic OH excluding ortho intramolecular Hbond substituents is 1. The first-order chi connectivity index (χ1) is 8.15. The zero-order valence-electron chi connectivity index (χ0n) is 9.08. The standard InChI is InChI=1S/C8H8Br2N2O.H3O4P/c1-11-12-4-5-2-6(9)3-7(10)8(5)13;1-5(2,3)4/h2-4,11,13H,1H3;(H3,1,2,3,4). The van der Waals surface area contributed by atoms with Crippen molar-refractivity contribution in [2.75, 3.05) is 7.05 Å². The Kier molecular flexibility index (Phi) is 7.69. The van der Waals surface area contributed by atoms with Crippen LogP contribution in [0.15, 0.2) is 26.2 Å². The molecule has 0 aliphatic rings. The highest BCUT2D eigenvalue weighted by Gasteiger charge is 2.04. The van der Waals surface area contributed by atoms with Gasteiger partial charge in [0, 0.05) is 17.1 Å². The van der Waals surface area contributed by atoms with Crippen LogP contribution in [0.5, 0.6) is 5.75 Å². The number of hydrogen-bond acceptors (Lipinski definition) is 4. The highest BCUT2D eigenvalue weighted by atomic mass is 79.9. The number of phosphoric acid groups is 1. The lowest BCUT2D eigenvalue weighted by Crippen LogP contribution is -1.95. The molecule has 0 unspecified atom stereocenters. The first-order valence-electron chi connectivity index (χ1n) is 4.31. The Labute approximate surface area is 120 Å². The second-order valence-electron chi connectivity index (χ2n) is 2.82. The van der Waals surface area contributed by atoms with E-state index in [-0.39, 0.29) is 5.75 Å². The van der Waals surface area contributed by atoms with Gasteiger partial charge in [0.1, 0.15) is 5.75 Å². The van der Waals surface area contributed by atoms with Crippen LogP contribution in [0.1, 0.15) is 5.56 Å². The van der Waals surface area contributed by atoms with Crippen molar-refractivity contribution in [3.05, 3.63) is 26.6 Å². The summed E-state index contributed by atoms with van der Waals surface area (Å²) in [5, 5.41) is 13.4. The minimum Gasteiger partial charge on any atom is -0.506 e. The number of hydrazone groups is 1. The van der Waals surface area contributed by atoms with Crippen LogP contribution < -0.4 is 5.43 Å². The smallest absolute Gasteiger partial charge is 0.466 e. The number of aromatic hydroxyl groups is 1. The number of halogens is 2. The molecular weight excluding hydrogens is 395 g/mol. The topological polar surface area (TPSA) is 122 Å². The number of nitrogens with one attached hydrogen (secondary N) is 1. The molecule has 1 aromatic rings. The van der Waals surface area contributed by atoms with Crippen molar-refractivity contribution in [2.45, 2.75) is 0 Å². The fraction of sp³-hybridized carbons (Fsp3) is 0.125. The molecule has 0 atom stereocenters. The van der Waals surface area contributed by atoms with Gasteiger partial charge in [-0.3, -0.25) is 0 Å². The van der Waals surface area contributed by atoms with Gasteiger partial charge in [0.05, 0.1) is 10.7 Å². The molecule has 1 rings (SSSR count). The summed E-state index contributed by atoms with van der Waals surface area (Å²) in [6, 6.07) is 3.55. The molecule has 0 aliphatic carbocycles. The first kappa shape index (κ1) is 17.6. The fourth-order valence-electron chi connectivity index (χ4n) is 0.818. The Bertz CT molecular complexity index is 469. The average Bonchev–Trinajstić information content (AvgIpc) is 2.19. The Morgan fingerprint density at radius 2 is 1.83 bits per heavy atom. The van der Waals surface area contributed by atoms with Gasteiger partial charge in [0.25, 0.3) is 0 Å². The van der Waals surface area contributed by atoms with Crippen LogP contribution in [-0.4, -0.2) is 33.0 Å². The van der Waals surface area contributed by atoms with Gasteiger partial charge in [-0.15, -0.1) is 0 Å². The van der Waals surface area contributed by atoms with E-state index in [9.17, 15) is 5.11 Å². The van der Waals surface area contributed by atoms with Crippen LogP contribution in [0.4, 0.5) is 0 Å². The van der Waals surface area contributed by atoms with Crippen molar-refractivity contribution < 1.29 is 24.4 Å². The number of rotatable bonds is 2. The lowest BCUT2D eigenvalue weighted by Gasteiger charge is -2.02. The third kappa shape index (κ3) is 8.62. The molecule has 5 N–H and O–H groups in total. The monoisotopic (exact) mass is 404 g/mol. The van der Waals surface area contributed by atoms with E-state index in [0.29, 0.717) is 10.0 Å². The van der Waals surface area contributed by atoms with E-state index in [1.165, 1.54) is 0 Å². The zero-order chi connectivity index (χ0) is 14.3. The molecule has 18 heavy (non-hydrogen) atoms. The summed E-state index contributed by atoms with van der Waals surface area (Å²) in [6.45, 7) is 0. The highest BCUT2D eigenvalue weighted by Crippen LogP contribution is 2.30. The quantitative estimate of drug-likeness (QED) is 0.289. The molecule has 102 valence electrons. The largest absolute Gasteiger partial charge is 0.506 e. The van der Waals surface area contributed by atoms with E-state index in [4.69, 9.17) is 19.2 Å². The van der Waals surface area contributed by atoms with Crippen LogP contribution in [0.2, 0.25) is 0 Å². The van der Waals surface area contributed by atoms with Crippen molar-refractivity contribution in [3.63, 3.8) is 0 Å². The van der Waals surface area contributed by atoms with E-state index in [0.717, 1.165) is 4.47 Å². The predicted molar refractivity (Wildman–Crippen MR) is 74.4 cm³/mol. The maximum absolute atomic E-state index is 9.56. The van der Waals surface area contributed by atoms with Gasteiger partial charge < -0.3 is 25.2 Å². The summed E-state index contributed by atoms with van der Waals surface area (Å²) in [6.07, 6.45) is 1.55. The first-order valence-corrected chi connectivity index (χ1v) is 7.46. The normalized spacial score (nSPS) is 11.0. The van der Waals surface area contributed by atoms with Crippen molar-refractivity contribution >= 4 is 45.9 Å². The number of benzene rings is 1. The van der Waals surface area contributed by atoms with E-state index in [1.54, 1.807) is 25.4 Å². The molecule has 0 amide bonds. The lowest BCUT2D eigenvalue weighted by molar-refractivity contribution is 0.275. The molecule has 0 aromatic heterocycles. The summed E-state index contributed by atoms with van der Waals surface area (Å²) in [5.41, 5.74) is 3.26. The summed E-state index contributed by atoms with van der Waals surface area (Å²) in [4.78, 5) is 21.6. The lowest BCUT2D eigenvalue weighted by atomic mass is 10.2. The van der Waals surface area contributed by atoms with Crippen LogP contribution in [-0.2, 0) is 4.57 Å². The molecule has 0 spiro atoms. The van der Waals surface area contributed by atoms with E-state index >= 15 is 0 Å². The van der Waals surface area contributed by atoms with Gasteiger partial charge in [-0.1, -0.05) is 15.9 Å². The molecule has 1 aromatic carbocycles. The summed E-state index contributed by atoms with van der Waals surface area (Å²) < 4.78 is 10.4. The third-order valence-corrected chi connectivity index (χ3v) is 2.45. The maximum atomic E-state index is 9.56. The van der Waals surface area contributed by atoms with Gasteiger partial charge >= 0.3 is 7.82 Å². The van der Waals surface area contributed by atoms with Gasteiger partial charge in [-0.2, -0.15) is 5.10 Å². The minimum atomic E-state index is -4.64. The van der Waals surface area contributed by atoms with Gasteiger partial charge in [-0.05, 0) is 28.1 Å². The Morgan fingerprint density at radius 3 is 2.28 bits per heavy atom. The Morgan fingerprint density at radius 1 is 1.33 bits per heavy atom. The predicted octanol–water partition coefficient (Wildman–Crippen LogP) is 1.54. The SMILES string of the molecule is CNN=Cc1cc(Br)cc(Br)c1O.O=P(O)(O)O. The van der Waals surface area contributed by atoms with Crippen LogP contribution in [0.25, 0.3) is 0 Å². The molecule has 0 saturated carbocycles. The summed E-state index contributed by atoms with van der Waals surface area (Å²) in [5.74, 6) is 0.183. The van der Waals surface area contributed by atoms with Crippen molar-refractivity contribution in [1.82, 2.24) is 5.43 Å². The van der Waals surface area contributed by atoms with Gasteiger partial charge in [0.2, 0.25) is 0 Å². The zero-order valence-corrected chi connectivity index (χ0v) is 13.1. The number of phenols is 1. The molecule has 0 bridgehead atoms. The van der Waals surface area contributed by atoms with Crippen LogP contribution in [0.3, 0.4) is 0 Å². The van der Waals surface area contributed by atoms with Gasteiger partial charge in [-0.25, -0.2) is 4.57 Å². The molecule has 0 saturated heterocycles. The van der Waals surface area contributed by atoms with Crippen molar-refractivity contribution in [3.8, 4) is 5.75 Å². The highest BCUT2D eigenvalue weighted by molar-refractivity contribution is 9.11. The van der Waals surface area contributed by atoms with E-state index in [2.05, 4.69) is 42.4 Å². The third-order valence-electron chi connectivity index (χ3n) is 1.39. The molecule has 7 nitrogen and oxygen atoms in total. The molecule has 10 heteroatoms. The summed E-state index contributed by atoms with van der Waals surface area (Å²) in [7, 11) is -2.94. The molecule has 0 heterocycles. The Balaban J connectivity index is 0.000000494. The van der Waals surface area contributed by atoms with E-state index in [1.807, 2.05) is 0 Å². The van der Waals surface area contributed by atoms with Crippen LogP contribution >= 0.6 is 39.7 Å². The number of hydrogen-bond donors (Lipinski definition) is 5. The Hall–Kier alpha value is -0.440. The molecule has 0 radical (unpaired) electrons. The summed E-state index contributed by atoms with van der Waals surface area (Å²) >= 11 is 6.54. The molecule has 0 fully saturated rings. The number of nitrogens with zero attached hydrogens (tertiary/aromatic N) is 1. The fourth-order valence-corrected chi connectivity index (χ4v) is 2.08. The maximum Gasteiger partial charge on any atom is 0.466 e. The molecular formula is C8H11Br2N2O5P.